The number of nitrogens with one attached hydrogen (secondary N) is 1. The largest absolute Gasteiger partial charge is 0.395 e. The van der Waals surface area contributed by atoms with Crippen LogP contribution in [0.4, 0.5) is 13.2 Å². The number of carbonyl (C=O) groups excluding carboxylic acids is 1. The Morgan fingerprint density at radius 1 is 1.38 bits per heavy atom. The van der Waals surface area contributed by atoms with Gasteiger partial charge in [0.15, 0.2) is 0 Å². The molecule has 0 radical (unpaired) electrons. The van der Waals surface area contributed by atoms with Gasteiger partial charge in [-0.1, -0.05) is 17.9 Å². The predicted octanol–water partition coefficient (Wildman–Crippen LogP) is 2.41. The van der Waals surface area contributed by atoms with E-state index >= 15 is 0 Å². The standard InChI is InChI=1S/C15H16F3NO2/c1-11-5-6-13(12(10-11)4-2-3-9-20)14(21)19-8-7-15(16,17)18/h5-6,10,20H,3,7-9H2,1H3,(H,19,21). The van der Waals surface area contributed by atoms with Crippen molar-refractivity contribution in [3.63, 3.8) is 0 Å². The van der Waals surface area contributed by atoms with Gasteiger partial charge in [-0.2, -0.15) is 13.2 Å². The highest BCUT2D eigenvalue weighted by Gasteiger charge is 2.26. The summed E-state index contributed by atoms with van der Waals surface area (Å²) in [6, 6.07) is 4.90. The van der Waals surface area contributed by atoms with Crippen molar-refractivity contribution in [3.05, 3.63) is 34.9 Å². The first-order chi connectivity index (χ1) is 9.83. The van der Waals surface area contributed by atoms with E-state index in [1.54, 1.807) is 12.1 Å². The van der Waals surface area contributed by atoms with Crippen LogP contribution in [-0.4, -0.2) is 30.3 Å². The van der Waals surface area contributed by atoms with E-state index in [2.05, 4.69) is 17.2 Å². The first-order valence-electron chi connectivity index (χ1n) is 6.39. The Morgan fingerprint density at radius 2 is 2.10 bits per heavy atom. The van der Waals surface area contributed by atoms with Crippen molar-refractivity contribution in [1.29, 1.82) is 0 Å². The molecule has 0 spiro atoms. The molecule has 0 atom stereocenters. The Labute approximate surface area is 121 Å². The van der Waals surface area contributed by atoms with Gasteiger partial charge < -0.3 is 10.4 Å². The summed E-state index contributed by atoms with van der Waals surface area (Å²) in [4.78, 5) is 11.9. The van der Waals surface area contributed by atoms with Gasteiger partial charge in [-0.3, -0.25) is 4.79 Å². The molecule has 0 aliphatic rings. The quantitative estimate of drug-likeness (QED) is 0.839. The van der Waals surface area contributed by atoms with Crippen LogP contribution in [0.25, 0.3) is 0 Å². The van der Waals surface area contributed by atoms with E-state index in [0.29, 0.717) is 5.56 Å². The molecule has 0 fully saturated rings. The zero-order valence-corrected chi connectivity index (χ0v) is 11.5. The summed E-state index contributed by atoms with van der Waals surface area (Å²) in [5.41, 5.74) is 1.55. The number of alkyl halides is 3. The monoisotopic (exact) mass is 299 g/mol. The molecular weight excluding hydrogens is 283 g/mol. The van der Waals surface area contributed by atoms with Gasteiger partial charge in [0, 0.05) is 18.5 Å². The van der Waals surface area contributed by atoms with Crippen LogP contribution in [0.15, 0.2) is 18.2 Å². The highest BCUT2D eigenvalue weighted by molar-refractivity contribution is 5.96. The van der Waals surface area contributed by atoms with E-state index in [9.17, 15) is 18.0 Å². The summed E-state index contributed by atoms with van der Waals surface area (Å²) in [5, 5.41) is 10.9. The van der Waals surface area contributed by atoms with Crippen molar-refractivity contribution in [3.8, 4) is 11.8 Å². The molecule has 0 heterocycles. The zero-order chi connectivity index (χ0) is 15.9. The number of halogens is 3. The summed E-state index contributed by atoms with van der Waals surface area (Å²) in [5.74, 6) is 4.85. The molecule has 114 valence electrons. The minimum atomic E-state index is -4.30. The van der Waals surface area contributed by atoms with Crippen molar-refractivity contribution in [2.75, 3.05) is 13.2 Å². The molecule has 0 aliphatic heterocycles. The van der Waals surface area contributed by atoms with Crippen LogP contribution in [-0.2, 0) is 0 Å². The number of hydrogen-bond acceptors (Lipinski definition) is 2. The van der Waals surface area contributed by atoms with Gasteiger partial charge in [-0.25, -0.2) is 0 Å². The van der Waals surface area contributed by atoms with Gasteiger partial charge in [-0.05, 0) is 24.6 Å². The van der Waals surface area contributed by atoms with Gasteiger partial charge in [0.05, 0.1) is 18.6 Å². The summed E-state index contributed by atoms with van der Waals surface area (Å²) < 4.78 is 36.1. The average molecular weight is 299 g/mol. The molecule has 21 heavy (non-hydrogen) atoms. The van der Waals surface area contributed by atoms with E-state index in [1.165, 1.54) is 6.07 Å². The van der Waals surface area contributed by atoms with Crippen LogP contribution >= 0.6 is 0 Å². The lowest BCUT2D eigenvalue weighted by atomic mass is 10.0. The fourth-order valence-corrected chi connectivity index (χ4v) is 1.59. The maximum absolute atomic E-state index is 12.0. The Bertz CT molecular complexity index is 556. The van der Waals surface area contributed by atoms with Gasteiger partial charge in [0.1, 0.15) is 0 Å². The molecule has 1 aromatic rings. The Balaban J connectivity index is 2.82. The molecule has 2 N–H and O–H groups in total. The fraction of sp³-hybridized carbons (Fsp3) is 0.400. The second-order valence-electron chi connectivity index (χ2n) is 4.45. The second kappa shape index (κ2) is 7.70. The van der Waals surface area contributed by atoms with Gasteiger partial charge in [0.25, 0.3) is 5.91 Å². The minimum absolute atomic E-state index is 0.0913. The maximum atomic E-state index is 12.0. The normalized spacial score (nSPS) is 10.7. The van der Waals surface area contributed by atoms with Crippen LogP contribution in [0.5, 0.6) is 0 Å². The smallest absolute Gasteiger partial charge is 0.390 e. The van der Waals surface area contributed by atoms with Crippen LogP contribution in [0.1, 0.15) is 34.3 Å². The average Bonchev–Trinajstić information content (AvgIpc) is 2.37. The summed E-state index contributed by atoms with van der Waals surface area (Å²) >= 11 is 0. The SMILES string of the molecule is Cc1ccc(C(=O)NCCC(F)(F)F)c(C#CCCO)c1. The van der Waals surface area contributed by atoms with Crippen LogP contribution < -0.4 is 5.32 Å². The molecule has 3 nitrogen and oxygen atoms in total. The number of benzene rings is 1. The minimum Gasteiger partial charge on any atom is -0.395 e. The van der Waals surface area contributed by atoms with E-state index in [1.807, 2.05) is 6.92 Å². The topological polar surface area (TPSA) is 49.3 Å². The number of amides is 1. The number of rotatable bonds is 4. The second-order valence-corrected chi connectivity index (χ2v) is 4.45. The van der Waals surface area contributed by atoms with E-state index in [4.69, 9.17) is 5.11 Å². The first-order valence-corrected chi connectivity index (χ1v) is 6.39. The first kappa shape index (κ1) is 17.1. The van der Waals surface area contributed by atoms with Gasteiger partial charge >= 0.3 is 6.18 Å². The number of aryl methyl sites for hydroxylation is 1. The molecule has 1 aromatic carbocycles. The van der Waals surface area contributed by atoms with Crippen molar-refractivity contribution < 1.29 is 23.1 Å². The third kappa shape index (κ3) is 6.32. The van der Waals surface area contributed by atoms with Crippen molar-refractivity contribution >= 4 is 5.91 Å². The Hall–Kier alpha value is -2.00. The number of aliphatic hydroxyl groups is 1. The molecule has 0 aromatic heterocycles. The molecule has 0 bridgehead atoms. The Kier molecular flexibility index (Phi) is 6.25. The number of hydrogen-bond donors (Lipinski definition) is 2. The lowest BCUT2D eigenvalue weighted by Crippen LogP contribution is -2.28. The van der Waals surface area contributed by atoms with Crippen LogP contribution in [0, 0.1) is 18.8 Å². The van der Waals surface area contributed by atoms with E-state index in [-0.39, 0.29) is 18.6 Å². The molecule has 6 heteroatoms. The molecule has 1 rings (SSSR count). The summed E-state index contributed by atoms with van der Waals surface area (Å²) in [6.45, 7) is 1.26. The molecule has 1 amide bonds. The molecule has 0 saturated heterocycles. The Morgan fingerprint density at radius 3 is 2.71 bits per heavy atom. The lowest BCUT2D eigenvalue weighted by molar-refractivity contribution is -0.132. The molecule has 0 unspecified atom stereocenters. The number of aliphatic hydroxyl groups excluding tert-OH is 1. The fourth-order valence-electron chi connectivity index (χ4n) is 1.59. The number of carbonyl (C=O) groups is 1. The van der Waals surface area contributed by atoms with Gasteiger partial charge in [0.2, 0.25) is 0 Å². The molecule has 0 saturated carbocycles. The molecular formula is C15H16F3NO2. The van der Waals surface area contributed by atoms with Crippen molar-refractivity contribution in [2.24, 2.45) is 0 Å². The van der Waals surface area contributed by atoms with Crippen molar-refractivity contribution in [2.45, 2.75) is 25.9 Å². The maximum Gasteiger partial charge on any atom is 0.390 e. The van der Waals surface area contributed by atoms with Crippen molar-refractivity contribution in [1.82, 2.24) is 5.32 Å². The van der Waals surface area contributed by atoms with Gasteiger partial charge in [-0.15, -0.1) is 0 Å². The summed E-state index contributed by atoms with van der Waals surface area (Å²) in [7, 11) is 0. The lowest BCUT2D eigenvalue weighted by Gasteiger charge is -2.09. The summed E-state index contributed by atoms with van der Waals surface area (Å²) in [6.07, 6.45) is -5.11. The molecule has 0 aliphatic carbocycles. The van der Waals surface area contributed by atoms with Crippen LogP contribution in [0.2, 0.25) is 0 Å². The van der Waals surface area contributed by atoms with E-state index < -0.39 is 25.0 Å². The third-order valence-corrected chi connectivity index (χ3v) is 2.57. The van der Waals surface area contributed by atoms with E-state index in [0.717, 1.165) is 5.56 Å². The zero-order valence-electron chi connectivity index (χ0n) is 11.5. The van der Waals surface area contributed by atoms with Crippen LogP contribution in [0.3, 0.4) is 0 Å². The highest BCUT2D eigenvalue weighted by atomic mass is 19.4. The third-order valence-electron chi connectivity index (χ3n) is 2.57. The predicted molar refractivity (Wildman–Crippen MR) is 72.8 cm³/mol. The highest BCUT2D eigenvalue weighted by Crippen LogP contribution is 2.18.